The maximum atomic E-state index is 12.6. The van der Waals surface area contributed by atoms with Crippen LogP contribution in [-0.4, -0.2) is 19.8 Å². The molecule has 0 radical (unpaired) electrons. The van der Waals surface area contributed by atoms with Crippen molar-refractivity contribution in [3.05, 3.63) is 21.3 Å². The summed E-state index contributed by atoms with van der Waals surface area (Å²) >= 11 is 7.40. The van der Waals surface area contributed by atoms with Crippen molar-refractivity contribution in [2.75, 3.05) is 19.8 Å². The van der Waals surface area contributed by atoms with E-state index in [0.29, 0.717) is 5.92 Å². The van der Waals surface area contributed by atoms with Crippen LogP contribution in [0.2, 0.25) is 4.34 Å². The summed E-state index contributed by atoms with van der Waals surface area (Å²) in [5.74, 6) is 0.456. The van der Waals surface area contributed by atoms with Gasteiger partial charge in [0.1, 0.15) is 0 Å². The van der Waals surface area contributed by atoms with E-state index < -0.39 is 0 Å². The van der Waals surface area contributed by atoms with Gasteiger partial charge in [0.15, 0.2) is 0 Å². The van der Waals surface area contributed by atoms with E-state index in [-0.39, 0.29) is 12.6 Å². The van der Waals surface area contributed by atoms with Crippen LogP contribution >= 0.6 is 22.9 Å². The second kappa shape index (κ2) is 3.95. The second-order valence-corrected chi connectivity index (χ2v) is 5.07. The van der Waals surface area contributed by atoms with Crippen molar-refractivity contribution in [1.29, 1.82) is 0 Å². The number of alkyl halides is 1. The fourth-order valence-electron chi connectivity index (χ4n) is 1.76. The Morgan fingerprint density at radius 2 is 2.38 bits per heavy atom. The molecule has 2 atom stereocenters. The first kappa shape index (κ1) is 9.44. The van der Waals surface area contributed by atoms with Gasteiger partial charge in [0.25, 0.3) is 0 Å². The Labute approximate surface area is 85.9 Å². The molecule has 0 amide bonds. The Kier molecular flexibility index (Phi) is 2.86. The van der Waals surface area contributed by atoms with Gasteiger partial charge in [-0.05, 0) is 12.1 Å². The molecule has 1 aliphatic heterocycles. The topological polar surface area (TPSA) is 12.0 Å². The largest absolute Gasteiger partial charge is 0.316 e. The minimum Gasteiger partial charge on any atom is -0.316 e. The molecule has 0 bridgehead atoms. The van der Waals surface area contributed by atoms with Gasteiger partial charge in [-0.1, -0.05) is 11.6 Å². The number of rotatable bonds is 2. The van der Waals surface area contributed by atoms with E-state index in [4.69, 9.17) is 11.6 Å². The third-order valence-corrected chi connectivity index (χ3v) is 3.86. The van der Waals surface area contributed by atoms with E-state index in [1.807, 2.05) is 12.1 Å². The Hall–Kier alpha value is -0.120. The summed E-state index contributed by atoms with van der Waals surface area (Å²) in [6, 6.07) is 3.89. The summed E-state index contributed by atoms with van der Waals surface area (Å²) in [6.07, 6.45) is 0. The minimum absolute atomic E-state index is 0.134. The summed E-state index contributed by atoms with van der Waals surface area (Å²) in [7, 11) is 0. The summed E-state index contributed by atoms with van der Waals surface area (Å²) in [4.78, 5) is 1.21. The molecule has 0 saturated carbocycles. The maximum Gasteiger partial charge on any atom is 0.0941 e. The number of nitrogens with one attached hydrogen (secondary N) is 1. The summed E-state index contributed by atoms with van der Waals surface area (Å²) in [5, 5.41) is 3.20. The zero-order valence-electron chi connectivity index (χ0n) is 7.09. The van der Waals surface area contributed by atoms with Crippen LogP contribution in [-0.2, 0) is 0 Å². The molecule has 1 saturated heterocycles. The quantitative estimate of drug-likeness (QED) is 0.807. The van der Waals surface area contributed by atoms with Crippen LogP contribution in [0.5, 0.6) is 0 Å². The van der Waals surface area contributed by atoms with Gasteiger partial charge in [-0.3, -0.25) is 4.39 Å². The number of thiophene rings is 1. The molecule has 1 fully saturated rings. The second-order valence-electron chi connectivity index (χ2n) is 3.32. The predicted octanol–water partition coefficient (Wildman–Crippen LogP) is 2.67. The molecule has 1 aromatic rings. The van der Waals surface area contributed by atoms with Gasteiger partial charge < -0.3 is 5.32 Å². The molecule has 13 heavy (non-hydrogen) atoms. The van der Waals surface area contributed by atoms with E-state index in [1.165, 1.54) is 4.88 Å². The van der Waals surface area contributed by atoms with Gasteiger partial charge >= 0.3 is 0 Å². The lowest BCUT2D eigenvalue weighted by Crippen LogP contribution is -2.11. The van der Waals surface area contributed by atoms with Crippen LogP contribution in [0.1, 0.15) is 10.8 Å². The van der Waals surface area contributed by atoms with E-state index in [9.17, 15) is 4.39 Å². The highest BCUT2D eigenvalue weighted by molar-refractivity contribution is 7.16. The number of halogens is 2. The van der Waals surface area contributed by atoms with Crippen LogP contribution in [0.3, 0.4) is 0 Å². The molecule has 1 aromatic heterocycles. The third kappa shape index (κ3) is 1.87. The SMILES string of the molecule is FCC1CNCC1c1ccc(Cl)s1. The van der Waals surface area contributed by atoms with Crippen molar-refractivity contribution in [2.45, 2.75) is 5.92 Å². The monoisotopic (exact) mass is 219 g/mol. The van der Waals surface area contributed by atoms with Gasteiger partial charge in [-0.15, -0.1) is 11.3 Å². The molecule has 0 spiro atoms. The van der Waals surface area contributed by atoms with Gasteiger partial charge in [0.05, 0.1) is 11.0 Å². The average molecular weight is 220 g/mol. The van der Waals surface area contributed by atoms with Gasteiger partial charge in [0, 0.05) is 29.8 Å². The minimum atomic E-state index is -0.243. The molecule has 1 nitrogen and oxygen atoms in total. The first-order chi connectivity index (χ1) is 6.31. The van der Waals surface area contributed by atoms with E-state index in [0.717, 1.165) is 17.4 Å². The molecule has 1 aliphatic rings. The molecule has 2 heterocycles. The smallest absolute Gasteiger partial charge is 0.0941 e. The van der Waals surface area contributed by atoms with Crippen LogP contribution in [0.15, 0.2) is 12.1 Å². The zero-order chi connectivity index (χ0) is 9.26. The molecule has 2 rings (SSSR count). The Morgan fingerprint density at radius 3 is 3.00 bits per heavy atom. The standard InChI is InChI=1S/C9H11ClFNS/c10-9-2-1-8(13-9)7-5-12-4-6(7)3-11/h1-2,6-7,12H,3-5H2. The third-order valence-electron chi connectivity index (χ3n) is 2.50. The molecule has 72 valence electrons. The lowest BCUT2D eigenvalue weighted by Gasteiger charge is -2.12. The predicted molar refractivity (Wildman–Crippen MR) is 54.4 cm³/mol. The molecule has 0 aromatic carbocycles. The van der Waals surface area contributed by atoms with Crippen molar-refractivity contribution in [3.63, 3.8) is 0 Å². The summed E-state index contributed by atoms with van der Waals surface area (Å²) in [5.41, 5.74) is 0. The van der Waals surface area contributed by atoms with Gasteiger partial charge in [0.2, 0.25) is 0 Å². The highest BCUT2D eigenvalue weighted by Crippen LogP contribution is 2.34. The number of hydrogen-bond donors (Lipinski definition) is 1. The molecule has 2 unspecified atom stereocenters. The Morgan fingerprint density at radius 1 is 1.54 bits per heavy atom. The van der Waals surface area contributed by atoms with Gasteiger partial charge in [-0.25, -0.2) is 0 Å². The van der Waals surface area contributed by atoms with E-state index in [2.05, 4.69) is 5.32 Å². The molecular formula is C9H11ClFNS. The van der Waals surface area contributed by atoms with Crippen molar-refractivity contribution in [3.8, 4) is 0 Å². The highest BCUT2D eigenvalue weighted by Gasteiger charge is 2.29. The molecule has 0 aliphatic carbocycles. The van der Waals surface area contributed by atoms with Crippen LogP contribution in [0.25, 0.3) is 0 Å². The number of hydrogen-bond acceptors (Lipinski definition) is 2. The van der Waals surface area contributed by atoms with Crippen molar-refractivity contribution in [2.24, 2.45) is 5.92 Å². The lowest BCUT2D eigenvalue weighted by molar-refractivity contribution is 0.360. The Balaban J connectivity index is 2.15. The molecule has 4 heteroatoms. The normalized spacial score (nSPS) is 28.2. The van der Waals surface area contributed by atoms with Crippen LogP contribution < -0.4 is 5.32 Å². The summed E-state index contributed by atoms with van der Waals surface area (Å²) in [6.45, 7) is 1.43. The Bertz CT molecular complexity index is 289. The van der Waals surface area contributed by atoms with Crippen molar-refractivity contribution in [1.82, 2.24) is 5.32 Å². The maximum absolute atomic E-state index is 12.6. The van der Waals surface area contributed by atoms with Crippen molar-refractivity contribution < 1.29 is 4.39 Å². The molecular weight excluding hydrogens is 209 g/mol. The van der Waals surface area contributed by atoms with Crippen molar-refractivity contribution >= 4 is 22.9 Å². The lowest BCUT2D eigenvalue weighted by atomic mass is 9.96. The fourth-order valence-corrected chi connectivity index (χ4v) is 3.01. The first-order valence-corrected chi connectivity index (χ1v) is 5.52. The van der Waals surface area contributed by atoms with E-state index in [1.54, 1.807) is 11.3 Å². The first-order valence-electron chi connectivity index (χ1n) is 4.33. The summed E-state index contributed by atoms with van der Waals surface area (Å²) < 4.78 is 13.4. The highest BCUT2D eigenvalue weighted by atomic mass is 35.5. The fraction of sp³-hybridized carbons (Fsp3) is 0.556. The molecule has 1 N–H and O–H groups in total. The van der Waals surface area contributed by atoms with E-state index >= 15 is 0 Å². The average Bonchev–Trinajstić information content (AvgIpc) is 2.71. The van der Waals surface area contributed by atoms with Crippen LogP contribution in [0.4, 0.5) is 4.39 Å². The zero-order valence-corrected chi connectivity index (χ0v) is 8.67. The van der Waals surface area contributed by atoms with Gasteiger partial charge in [-0.2, -0.15) is 0 Å². The van der Waals surface area contributed by atoms with Crippen LogP contribution in [0, 0.1) is 5.92 Å².